The second-order valence-corrected chi connectivity index (χ2v) is 8.76. The third-order valence-corrected chi connectivity index (χ3v) is 6.38. The molecule has 0 aliphatic carbocycles. The third kappa shape index (κ3) is 3.48. The lowest BCUT2D eigenvalue weighted by molar-refractivity contribution is -0.120. The molecule has 34 heavy (non-hydrogen) atoms. The molecule has 174 valence electrons. The number of urea groups is 1. The van der Waals surface area contributed by atoms with E-state index in [4.69, 9.17) is 14.9 Å². The van der Waals surface area contributed by atoms with Gasteiger partial charge in [-0.25, -0.2) is 14.2 Å². The van der Waals surface area contributed by atoms with Crippen LogP contribution in [0.2, 0.25) is 0 Å². The Labute approximate surface area is 195 Å². The quantitative estimate of drug-likeness (QED) is 0.373. The molecular weight excluding hydrogens is 465 g/mol. The van der Waals surface area contributed by atoms with E-state index >= 15 is 0 Å². The van der Waals surface area contributed by atoms with Gasteiger partial charge in [0, 0.05) is 19.0 Å². The molecule has 10 nitrogen and oxygen atoms in total. The Balaban J connectivity index is 0.000000152. The summed E-state index contributed by atoms with van der Waals surface area (Å²) in [6.07, 6.45) is 0. The van der Waals surface area contributed by atoms with Crippen LogP contribution in [0, 0.1) is 5.82 Å². The molecule has 0 spiro atoms. The molecule has 4 aromatic rings. The number of thiazole rings is 1. The Hall–Kier alpha value is -4.19. The number of hydrogen-bond acceptors (Lipinski definition) is 8. The summed E-state index contributed by atoms with van der Waals surface area (Å²) in [5.41, 5.74) is 7.91. The highest BCUT2D eigenvalue weighted by Gasteiger charge is 2.34. The molecule has 4 amide bonds. The van der Waals surface area contributed by atoms with Gasteiger partial charge in [0.2, 0.25) is 0 Å². The van der Waals surface area contributed by atoms with Gasteiger partial charge in [0.05, 0.1) is 22.9 Å². The molecule has 1 saturated heterocycles. The van der Waals surface area contributed by atoms with E-state index in [1.165, 1.54) is 23.3 Å². The van der Waals surface area contributed by atoms with Crippen LogP contribution in [-0.2, 0) is 11.3 Å². The number of amides is 4. The standard InChI is InChI=1S/C12H8N4O3S.C10H10FNO2/c13-11-14-8-4-3-6(9-10(17)16-12(18)15-9)19-5(4)1-2-7(8)20-11;1-12-5-6-3-4-7(14-2)9(11)8(6)10(12)13/h1-3,9H,(H2,13,14)(H2,15,16,17,18);3-4H,5H2,1-2H3. The molecule has 4 heterocycles. The predicted octanol–water partition coefficient (Wildman–Crippen LogP) is 2.93. The molecule has 6 rings (SSSR count). The maximum absolute atomic E-state index is 13.6. The van der Waals surface area contributed by atoms with Crippen molar-refractivity contribution in [2.45, 2.75) is 12.6 Å². The number of benzene rings is 2. The molecule has 4 N–H and O–H groups in total. The molecule has 1 atom stereocenters. The number of nitrogens with zero attached hydrogens (tertiary/aromatic N) is 2. The van der Waals surface area contributed by atoms with Gasteiger partial charge in [0.1, 0.15) is 11.3 Å². The summed E-state index contributed by atoms with van der Waals surface area (Å²) in [5, 5.41) is 5.92. The van der Waals surface area contributed by atoms with Crippen molar-refractivity contribution in [3.8, 4) is 5.75 Å². The summed E-state index contributed by atoms with van der Waals surface area (Å²) in [7, 11) is 3.03. The number of halogens is 1. The minimum Gasteiger partial charge on any atom is -0.494 e. The van der Waals surface area contributed by atoms with E-state index in [1.54, 1.807) is 31.3 Å². The molecule has 2 aliphatic heterocycles. The van der Waals surface area contributed by atoms with Crippen LogP contribution in [0.25, 0.3) is 21.2 Å². The smallest absolute Gasteiger partial charge is 0.322 e. The first-order valence-electron chi connectivity index (χ1n) is 10.1. The molecule has 12 heteroatoms. The number of anilines is 1. The lowest BCUT2D eigenvalue weighted by atomic mass is 10.1. The number of nitrogen functional groups attached to an aromatic ring is 1. The van der Waals surface area contributed by atoms with E-state index in [-0.39, 0.29) is 17.2 Å². The number of carbonyl (C=O) groups is 3. The average Bonchev–Trinajstić information content (AvgIpc) is 3.53. The zero-order valence-corrected chi connectivity index (χ0v) is 18.8. The van der Waals surface area contributed by atoms with Gasteiger partial charge in [-0.15, -0.1) is 0 Å². The fourth-order valence-corrected chi connectivity index (χ4v) is 4.69. The van der Waals surface area contributed by atoms with Gasteiger partial charge >= 0.3 is 6.03 Å². The van der Waals surface area contributed by atoms with Crippen LogP contribution >= 0.6 is 11.3 Å². The number of nitrogens with one attached hydrogen (secondary N) is 2. The fourth-order valence-electron chi connectivity index (χ4n) is 3.94. The highest BCUT2D eigenvalue weighted by atomic mass is 32.1. The van der Waals surface area contributed by atoms with Crippen LogP contribution in [0.4, 0.5) is 14.3 Å². The summed E-state index contributed by atoms with van der Waals surface area (Å²) in [6.45, 7) is 0.467. The zero-order chi connectivity index (χ0) is 24.1. The molecule has 1 unspecified atom stereocenters. The van der Waals surface area contributed by atoms with Gasteiger partial charge in [-0.3, -0.25) is 14.9 Å². The van der Waals surface area contributed by atoms with Crippen LogP contribution in [-0.4, -0.2) is 41.9 Å². The summed E-state index contributed by atoms with van der Waals surface area (Å²) in [5.74, 6) is -0.770. The Morgan fingerprint density at radius 2 is 2.06 bits per heavy atom. The van der Waals surface area contributed by atoms with E-state index in [0.717, 1.165) is 21.2 Å². The maximum Gasteiger partial charge on any atom is 0.322 e. The number of furan rings is 1. The largest absolute Gasteiger partial charge is 0.494 e. The number of fused-ring (bicyclic) bond motifs is 4. The molecule has 1 fully saturated rings. The lowest BCUT2D eigenvalue weighted by Crippen LogP contribution is -2.22. The zero-order valence-electron chi connectivity index (χ0n) is 18.0. The van der Waals surface area contributed by atoms with Crippen LogP contribution in [0.15, 0.2) is 34.7 Å². The van der Waals surface area contributed by atoms with Gasteiger partial charge in [-0.2, -0.15) is 0 Å². The van der Waals surface area contributed by atoms with Crippen molar-refractivity contribution in [3.63, 3.8) is 0 Å². The molecule has 0 radical (unpaired) electrons. The number of imide groups is 1. The average molecular weight is 483 g/mol. The molecule has 2 aromatic heterocycles. The summed E-state index contributed by atoms with van der Waals surface area (Å²) >= 11 is 1.39. The SMILES string of the molecule is COc1ccc2c(c1F)C(=O)N(C)C2.Nc1nc2c(ccc3oc(C4NC(=O)NC4=O)cc32)s1. The van der Waals surface area contributed by atoms with Gasteiger partial charge in [-0.05, 0) is 29.8 Å². The van der Waals surface area contributed by atoms with E-state index in [2.05, 4.69) is 15.6 Å². The van der Waals surface area contributed by atoms with Gasteiger partial charge < -0.3 is 25.1 Å². The van der Waals surface area contributed by atoms with Crippen molar-refractivity contribution >= 4 is 55.5 Å². The van der Waals surface area contributed by atoms with Crippen molar-refractivity contribution < 1.29 is 27.9 Å². The van der Waals surface area contributed by atoms with E-state index in [0.29, 0.717) is 23.0 Å². The Morgan fingerprint density at radius 3 is 2.76 bits per heavy atom. The number of nitrogens with two attached hydrogens (primary N) is 1. The summed E-state index contributed by atoms with van der Waals surface area (Å²) < 4.78 is 25.0. The van der Waals surface area contributed by atoms with Crippen LogP contribution < -0.4 is 21.1 Å². The van der Waals surface area contributed by atoms with Crippen LogP contribution in [0.1, 0.15) is 27.7 Å². The number of methoxy groups -OCH3 is 1. The fraction of sp³-hybridized carbons (Fsp3) is 0.182. The van der Waals surface area contributed by atoms with Crippen LogP contribution in [0.5, 0.6) is 5.75 Å². The van der Waals surface area contributed by atoms with E-state index in [1.807, 2.05) is 6.07 Å². The first-order chi connectivity index (χ1) is 16.3. The molecule has 2 aliphatic rings. The first-order valence-corrected chi connectivity index (χ1v) is 10.9. The third-order valence-electron chi connectivity index (χ3n) is 5.53. The van der Waals surface area contributed by atoms with Crippen molar-refractivity contribution in [1.29, 1.82) is 0 Å². The number of aromatic nitrogens is 1. The second kappa shape index (κ2) is 7.99. The summed E-state index contributed by atoms with van der Waals surface area (Å²) in [6, 6.07) is 7.32. The van der Waals surface area contributed by atoms with Crippen molar-refractivity contribution in [2.75, 3.05) is 19.9 Å². The molecule has 2 aromatic carbocycles. The summed E-state index contributed by atoms with van der Waals surface area (Å²) in [4.78, 5) is 40.1. The van der Waals surface area contributed by atoms with Crippen molar-refractivity contribution in [1.82, 2.24) is 20.5 Å². The van der Waals surface area contributed by atoms with E-state index < -0.39 is 23.8 Å². The Morgan fingerprint density at radius 1 is 1.26 bits per heavy atom. The normalized spacial score (nSPS) is 17.0. The molecule has 0 bridgehead atoms. The number of carbonyl (C=O) groups excluding carboxylic acids is 3. The monoisotopic (exact) mass is 483 g/mol. The van der Waals surface area contributed by atoms with Gasteiger partial charge in [0.25, 0.3) is 11.8 Å². The lowest BCUT2D eigenvalue weighted by Gasteiger charge is -2.05. The van der Waals surface area contributed by atoms with E-state index in [9.17, 15) is 18.8 Å². The van der Waals surface area contributed by atoms with Crippen molar-refractivity contribution in [2.24, 2.45) is 0 Å². The van der Waals surface area contributed by atoms with Gasteiger partial charge in [-0.1, -0.05) is 17.4 Å². The highest BCUT2D eigenvalue weighted by molar-refractivity contribution is 7.22. The number of rotatable bonds is 2. The number of hydrogen-bond donors (Lipinski definition) is 3. The number of ether oxygens (including phenoxy) is 1. The molecule has 0 saturated carbocycles. The highest BCUT2D eigenvalue weighted by Crippen LogP contribution is 2.34. The molecular formula is C22H18FN5O5S. The predicted molar refractivity (Wildman–Crippen MR) is 122 cm³/mol. The minimum absolute atomic E-state index is 0.118. The first kappa shape index (κ1) is 21.6. The Kier molecular flexibility index (Phi) is 5.09. The maximum atomic E-state index is 13.6. The second-order valence-electron chi connectivity index (χ2n) is 7.70. The van der Waals surface area contributed by atoms with Crippen molar-refractivity contribution in [3.05, 3.63) is 53.0 Å². The minimum atomic E-state index is -0.805. The van der Waals surface area contributed by atoms with Gasteiger partial charge in [0.15, 0.2) is 22.7 Å². The van der Waals surface area contributed by atoms with Crippen LogP contribution in [0.3, 0.4) is 0 Å². The topological polar surface area (TPSA) is 140 Å². The Bertz CT molecular complexity index is 1500.